The van der Waals surface area contributed by atoms with E-state index in [0.29, 0.717) is 16.8 Å². The van der Waals surface area contributed by atoms with Crippen molar-refractivity contribution in [2.45, 2.75) is 20.0 Å². The van der Waals surface area contributed by atoms with Gasteiger partial charge in [-0.1, -0.05) is 12.1 Å². The molecule has 1 N–H and O–H groups in total. The van der Waals surface area contributed by atoms with Gasteiger partial charge in [0.1, 0.15) is 5.82 Å². The van der Waals surface area contributed by atoms with E-state index < -0.39 is 23.8 Å². The van der Waals surface area contributed by atoms with Crippen molar-refractivity contribution in [3.05, 3.63) is 71.6 Å². The van der Waals surface area contributed by atoms with E-state index in [9.17, 15) is 18.8 Å². The molecule has 0 unspecified atom stereocenters. The van der Waals surface area contributed by atoms with Crippen LogP contribution in [0.25, 0.3) is 6.08 Å². The number of ether oxygens (including phenoxy) is 1. The average molecular weight is 355 g/mol. The van der Waals surface area contributed by atoms with Crippen molar-refractivity contribution in [3.8, 4) is 0 Å². The van der Waals surface area contributed by atoms with Gasteiger partial charge in [0.2, 0.25) is 0 Å². The number of ketones is 1. The lowest BCUT2D eigenvalue weighted by molar-refractivity contribution is -0.148. The molecule has 2 rings (SSSR count). The lowest BCUT2D eigenvalue weighted by Gasteiger charge is -2.12. The fraction of sp³-hybridized carbons (Fsp3) is 0.150. The highest BCUT2D eigenvalue weighted by Gasteiger charge is 2.16. The maximum atomic E-state index is 13.1. The number of hydrogen-bond acceptors (Lipinski definition) is 4. The van der Waals surface area contributed by atoms with Gasteiger partial charge in [-0.25, -0.2) is 9.18 Å². The summed E-state index contributed by atoms with van der Waals surface area (Å²) in [5, 5.41) is 2.59. The number of carbonyl (C=O) groups excluding carboxylic acids is 3. The Labute approximate surface area is 150 Å². The third kappa shape index (κ3) is 5.66. The molecule has 1 atom stereocenters. The van der Waals surface area contributed by atoms with E-state index in [0.717, 1.165) is 6.08 Å². The topological polar surface area (TPSA) is 72.5 Å². The fourth-order valence-corrected chi connectivity index (χ4v) is 2.07. The van der Waals surface area contributed by atoms with Crippen LogP contribution in [-0.4, -0.2) is 23.8 Å². The molecule has 134 valence electrons. The molecule has 0 aliphatic heterocycles. The first kappa shape index (κ1) is 19.1. The third-order valence-electron chi connectivity index (χ3n) is 3.48. The number of Topliss-reactive ketones (excluding diaryl/α,β-unsaturated/α-hetero) is 1. The highest BCUT2D eigenvalue weighted by Crippen LogP contribution is 2.11. The fourth-order valence-electron chi connectivity index (χ4n) is 2.07. The largest absolute Gasteiger partial charge is 0.449 e. The van der Waals surface area contributed by atoms with Crippen molar-refractivity contribution >= 4 is 29.4 Å². The quantitative estimate of drug-likeness (QED) is 0.488. The molecule has 5 nitrogen and oxygen atoms in total. The molecule has 0 saturated carbocycles. The Bertz CT molecular complexity index is 843. The smallest absolute Gasteiger partial charge is 0.331 e. The molecule has 26 heavy (non-hydrogen) atoms. The van der Waals surface area contributed by atoms with Crippen LogP contribution >= 0.6 is 0 Å². The number of benzene rings is 2. The van der Waals surface area contributed by atoms with Gasteiger partial charge in [-0.15, -0.1) is 0 Å². The zero-order valence-corrected chi connectivity index (χ0v) is 14.4. The van der Waals surface area contributed by atoms with E-state index in [1.807, 2.05) is 0 Å². The predicted molar refractivity (Wildman–Crippen MR) is 96.1 cm³/mol. The van der Waals surface area contributed by atoms with E-state index in [1.54, 1.807) is 30.3 Å². The van der Waals surface area contributed by atoms with Gasteiger partial charge >= 0.3 is 5.97 Å². The summed E-state index contributed by atoms with van der Waals surface area (Å²) in [4.78, 5) is 35.0. The lowest BCUT2D eigenvalue weighted by atomic mass is 10.1. The molecule has 0 spiro atoms. The summed E-state index contributed by atoms with van der Waals surface area (Å²) in [6.07, 6.45) is 1.50. The Morgan fingerprint density at radius 3 is 2.42 bits per heavy atom. The van der Waals surface area contributed by atoms with E-state index in [2.05, 4.69) is 5.32 Å². The van der Waals surface area contributed by atoms with Gasteiger partial charge in [0.15, 0.2) is 11.9 Å². The molecule has 0 saturated heterocycles. The van der Waals surface area contributed by atoms with Crippen LogP contribution in [0.5, 0.6) is 0 Å². The first-order valence-corrected chi connectivity index (χ1v) is 7.91. The van der Waals surface area contributed by atoms with E-state index in [4.69, 9.17) is 4.74 Å². The highest BCUT2D eigenvalue weighted by molar-refractivity contribution is 5.98. The van der Waals surface area contributed by atoms with Crippen molar-refractivity contribution in [2.24, 2.45) is 0 Å². The molecule has 2 aromatic carbocycles. The molecule has 0 aliphatic carbocycles. The summed E-state index contributed by atoms with van der Waals surface area (Å²) < 4.78 is 18.1. The van der Waals surface area contributed by atoms with Crippen LogP contribution in [0.2, 0.25) is 0 Å². The molecule has 0 aromatic heterocycles. The normalized spacial score (nSPS) is 11.8. The summed E-state index contributed by atoms with van der Waals surface area (Å²) >= 11 is 0. The number of esters is 1. The number of anilines is 1. The summed E-state index contributed by atoms with van der Waals surface area (Å²) in [6, 6.07) is 12.1. The van der Waals surface area contributed by atoms with Gasteiger partial charge in [0, 0.05) is 17.3 Å². The summed E-state index contributed by atoms with van der Waals surface area (Å²) in [6.45, 7) is 2.89. The third-order valence-corrected chi connectivity index (χ3v) is 3.48. The first-order chi connectivity index (χ1) is 12.3. The molecule has 0 heterocycles. The van der Waals surface area contributed by atoms with E-state index >= 15 is 0 Å². The standard InChI is InChI=1S/C20H18FNO4/c1-13(23)16-7-9-18(10-8-16)22-20(25)14(2)26-19(24)11-6-15-4-3-5-17(21)12-15/h3-12,14H,1-2H3,(H,22,25)/b11-6+/t14-/m1/s1. The van der Waals surface area contributed by atoms with Crippen LogP contribution in [0, 0.1) is 5.82 Å². The minimum atomic E-state index is -1.02. The van der Waals surface area contributed by atoms with Crippen LogP contribution < -0.4 is 5.32 Å². The Morgan fingerprint density at radius 1 is 1.12 bits per heavy atom. The molecule has 0 fully saturated rings. The molecule has 0 bridgehead atoms. The van der Waals surface area contributed by atoms with Gasteiger partial charge < -0.3 is 10.1 Å². The van der Waals surface area contributed by atoms with Crippen LogP contribution in [0.1, 0.15) is 29.8 Å². The second kappa shape index (κ2) is 8.71. The Hall–Kier alpha value is -3.28. The number of rotatable bonds is 6. The highest BCUT2D eigenvalue weighted by atomic mass is 19.1. The van der Waals surface area contributed by atoms with Gasteiger partial charge in [0.25, 0.3) is 5.91 Å². The number of nitrogens with one attached hydrogen (secondary N) is 1. The summed E-state index contributed by atoms with van der Waals surface area (Å²) in [7, 11) is 0. The Kier molecular flexibility index (Phi) is 6.38. The minimum Gasteiger partial charge on any atom is -0.449 e. The van der Waals surface area contributed by atoms with Crippen LogP contribution in [0.4, 0.5) is 10.1 Å². The van der Waals surface area contributed by atoms with Gasteiger partial charge in [0.05, 0.1) is 0 Å². The van der Waals surface area contributed by atoms with Gasteiger partial charge in [-0.2, -0.15) is 0 Å². The van der Waals surface area contributed by atoms with Crippen molar-refractivity contribution in [2.75, 3.05) is 5.32 Å². The molecular weight excluding hydrogens is 337 g/mol. The van der Waals surface area contributed by atoms with Gasteiger partial charge in [-0.3, -0.25) is 9.59 Å². The van der Waals surface area contributed by atoms with E-state index in [1.165, 1.54) is 38.1 Å². The molecule has 6 heteroatoms. The van der Waals surface area contributed by atoms with Crippen molar-refractivity contribution in [3.63, 3.8) is 0 Å². The number of amides is 1. The maximum Gasteiger partial charge on any atom is 0.331 e. The van der Waals surface area contributed by atoms with Crippen LogP contribution in [0.15, 0.2) is 54.6 Å². The van der Waals surface area contributed by atoms with Crippen molar-refractivity contribution < 1.29 is 23.5 Å². The first-order valence-electron chi connectivity index (χ1n) is 7.91. The molecule has 0 radical (unpaired) electrons. The second-order valence-electron chi connectivity index (χ2n) is 5.59. The number of hydrogen-bond donors (Lipinski definition) is 1. The minimum absolute atomic E-state index is 0.0738. The van der Waals surface area contributed by atoms with Crippen LogP contribution in [-0.2, 0) is 14.3 Å². The zero-order valence-electron chi connectivity index (χ0n) is 14.4. The average Bonchev–Trinajstić information content (AvgIpc) is 2.60. The summed E-state index contributed by atoms with van der Waals surface area (Å²) in [5.41, 5.74) is 1.52. The number of halogens is 1. The molecule has 1 amide bonds. The Balaban J connectivity index is 1.89. The second-order valence-corrected chi connectivity index (χ2v) is 5.59. The zero-order chi connectivity index (χ0) is 19.1. The molecule has 2 aromatic rings. The van der Waals surface area contributed by atoms with Crippen molar-refractivity contribution in [1.29, 1.82) is 0 Å². The SMILES string of the molecule is CC(=O)c1ccc(NC(=O)[C@@H](C)OC(=O)/C=C/c2cccc(F)c2)cc1. The van der Waals surface area contributed by atoms with Crippen LogP contribution in [0.3, 0.4) is 0 Å². The molecular formula is C20H18FNO4. The predicted octanol–water partition coefficient (Wildman–Crippen LogP) is 3.61. The van der Waals surface area contributed by atoms with Gasteiger partial charge in [-0.05, 0) is 61.9 Å². The molecule has 0 aliphatic rings. The van der Waals surface area contributed by atoms with E-state index in [-0.39, 0.29) is 5.78 Å². The number of carbonyl (C=O) groups is 3. The van der Waals surface area contributed by atoms with Crippen molar-refractivity contribution in [1.82, 2.24) is 0 Å². The monoisotopic (exact) mass is 355 g/mol. The summed E-state index contributed by atoms with van der Waals surface area (Å²) in [5.74, 6) is -1.71. The lowest BCUT2D eigenvalue weighted by Crippen LogP contribution is -2.29. The Morgan fingerprint density at radius 2 is 1.81 bits per heavy atom. The maximum absolute atomic E-state index is 13.1.